The second kappa shape index (κ2) is 9.68. The van der Waals surface area contributed by atoms with E-state index in [0.29, 0.717) is 24.6 Å². The average Bonchev–Trinajstić information content (AvgIpc) is 2.75. The van der Waals surface area contributed by atoms with Crippen LogP contribution in [0.25, 0.3) is 0 Å². The largest absolute Gasteiger partial charge is 0.496 e. The molecule has 1 N–H and O–H groups in total. The Morgan fingerprint density at radius 3 is 2.55 bits per heavy atom. The molecule has 0 aliphatic rings. The summed E-state index contributed by atoms with van der Waals surface area (Å²) in [6.07, 6.45) is 3.92. The van der Waals surface area contributed by atoms with E-state index >= 15 is 0 Å². The molecule has 0 atom stereocenters. The van der Waals surface area contributed by atoms with Gasteiger partial charge in [-0.25, -0.2) is 9.97 Å². The topological polar surface area (TPSA) is 67.4 Å². The van der Waals surface area contributed by atoms with Gasteiger partial charge in [0, 0.05) is 31.2 Å². The number of carbonyl (C=O) groups excluding carboxylic acids is 1. The maximum atomic E-state index is 12.9. The third kappa shape index (κ3) is 5.10. The van der Waals surface area contributed by atoms with Crippen LogP contribution >= 0.6 is 0 Å². The molecule has 29 heavy (non-hydrogen) atoms. The number of ether oxygens (including phenoxy) is 1. The Balaban J connectivity index is 1.62. The molecule has 0 fully saturated rings. The van der Waals surface area contributed by atoms with Crippen LogP contribution in [0, 0.1) is 6.92 Å². The Kier molecular flexibility index (Phi) is 6.79. The fourth-order valence-electron chi connectivity index (χ4n) is 3.14. The van der Waals surface area contributed by atoms with E-state index in [-0.39, 0.29) is 5.91 Å². The fourth-order valence-corrected chi connectivity index (χ4v) is 3.14. The third-order valence-corrected chi connectivity index (χ3v) is 4.64. The van der Waals surface area contributed by atoms with Crippen molar-refractivity contribution in [1.82, 2.24) is 9.97 Å². The van der Waals surface area contributed by atoms with Crippen molar-refractivity contribution in [2.24, 2.45) is 0 Å². The predicted octanol–water partition coefficient (Wildman–Crippen LogP) is 4.11. The number of rotatable bonds is 8. The standard InChI is InChI=1S/C23H26N4O2/c1-4-27(20-10-7-8-17(2)14-20)22(28)19-15-25-23(26-16-19)24-13-12-18-9-5-6-11-21(18)29-3/h5-11,14-16H,4,12-13H2,1-3H3,(H,24,25,26). The smallest absolute Gasteiger partial charge is 0.261 e. The zero-order valence-corrected chi connectivity index (χ0v) is 17.1. The zero-order valence-electron chi connectivity index (χ0n) is 17.1. The highest BCUT2D eigenvalue weighted by Crippen LogP contribution is 2.19. The van der Waals surface area contributed by atoms with Gasteiger partial charge in [0.1, 0.15) is 5.75 Å². The second-order valence-corrected chi connectivity index (χ2v) is 6.67. The van der Waals surface area contributed by atoms with Gasteiger partial charge in [0.05, 0.1) is 12.7 Å². The minimum Gasteiger partial charge on any atom is -0.496 e. The van der Waals surface area contributed by atoms with Crippen LogP contribution in [-0.2, 0) is 6.42 Å². The summed E-state index contributed by atoms with van der Waals surface area (Å²) in [5.41, 5.74) is 3.56. The summed E-state index contributed by atoms with van der Waals surface area (Å²) >= 11 is 0. The summed E-state index contributed by atoms with van der Waals surface area (Å²) in [6.45, 7) is 5.20. The molecule has 0 radical (unpaired) electrons. The molecule has 2 aromatic carbocycles. The van der Waals surface area contributed by atoms with E-state index in [1.807, 2.05) is 62.4 Å². The Bertz CT molecular complexity index is 957. The maximum absolute atomic E-state index is 12.9. The molecule has 150 valence electrons. The minimum atomic E-state index is -0.112. The van der Waals surface area contributed by atoms with E-state index in [1.165, 1.54) is 0 Å². The lowest BCUT2D eigenvalue weighted by molar-refractivity contribution is 0.0987. The van der Waals surface area contributed by atoms with Crippen molar-refractivity contribution in [3.8, 4) is 5.75 Å². The van der Waals surface area contributed by atoms with E-state index in [9.17, 15) is 4.79 Å². The summed E-state index contributed by atoms with van der Waals surface area (Å²) in [5, 5.41) is 3.19. The highest BCUT2D eigenvalue weighted by atomic mass is 16.5. The van der Waals surface area contributed by atoms with Crippen LogP contribution in [0.2, 0.25) is 0 Å². The molecule has 3 aromatic rings. The Morgan fingerprint density at radius 1 is 1.10 bits per heavy atom. The summed E-state index contributed by atoms with van der Waals surface area (Å²) in [6, 6.07) is 15.8. The molecule has 0 spiro atoms. The predicted molar refractivity (Wildman–Crippen MR) is 116 cm³/mol. The van der Waals surface area contributed by atoms with Crippen molar-refractivity contribution in [3.05, 3.63) is 77.6 Å². The molecule has 3 rings (SSSR count). The summed E-state index contributed by atoms with van der Waals surface area (Å²) in [5.74, 6) is 1.25. The van der Waals surface area contributed by atoms with Crippen LogP contribution in [0.3, 0.4) is 0 Å². The van der Waals surface area contributed by atoms with Gasteiger partial charge in [-0.2, -0.15) is 0 Å². The second-order valence-electron chi connectivity index (χ2n) is 6.67. The van der Waals surface area contributed by atoms with Crippen molar-refractivity contribution in [3.63, 3.8) is 0 Å². The zero-order chi connectivity index (χ0) is 20.6. The number of para-hydroxylation sites is 1. The number of aromatic nitrogens is 2. The van der Waals surface area contributed by atoms with Crippen molar-refractivity contribution in [2.45, 2.75) is 20.3 Å². The van der Waals surface area contributed by atoms with Gasteiger partial charge in [0.15, 0.2) is 0 Å². The molecule has 0 saturated heterocycles. The molecular weight excluding hydrogens is 364 g/mol. The van der Waals surface area contributed by atoms with Gasteiger partial charge in [0.2, 0.25) is 5.95 Å². The number of benzene rings is 2. The summed E-state index contributed by atoms with van der Waals surface area (Å²) in [7, 11) is 1.67. The first-order valence-corrected chi connectivity index (χ1v) is 9.68. The van der Waals surface area contributed by atoms with Crippen molar-refractivity contribution < 1.29 is 9.53 Å². The van der Waals surface area contributed by atoms with Gasteiger partial charge in [0.25, 0.3) is 5.91 Å². The molecule has 6 heteroatoms. The van der Waals surface area contributed by atoms with Crippen LogP contribution in [0.5, 0.6) is 5.75 Å². The molecule has 1 aromatic heterocycles. The van der Waals surface area contributed by atoms with Crippen LogP contribution in [0.1, 0.15) is 28.4 Å². The molecule has 0 saturated carbocycles. The van der Waals surface area contributed by atoms with Crippen molar-refractivity contribution in [2.75, 3.05) is 30.4 Å². The van der Waals surface area contributed by atoms with Crippen LogP contribution in [0.4, 0.5) is 11.6 Å². The van der Waals surface area contributed by atoms with Gasteiger partial charge >= 0.3 is 0 Å². The summed E-state index contributed by atoms with van der Waals surface area (Å²) in [4.78, 5) is 23.2. The third-order valence-electron chi connectivity index (χ3n) is 4.64. The first-order chi connectivity index (χ1) is 14.1. The van der Waals surface area contributed by atoms with E-state index in [1.54, 1.807) is 24.4 Å². The number of nitrogens with one attached hydrogen (secondary N) is 1. The van der Waals surface area contributed by atoms with Gasteiger partial charge in [-0.15, -0.1) is 0 Å². The highest BCUT2D eigenvalue weighted by molar-refractivity contribution is 6.05. The number of anilines is 2. The lowest BCUT2D eigenvalue weighted by Gasteiger charge is -2.21. The van der Waals surface area contributed by atoms with Crippen molar-refractivity contribution >= 4 is 17.5 Å². The van der Waals surface area contributed by atoms with E-state index in [0.717, 1.165) is 29.0 Å². The molecule has 6 nitrogen and oxygen atoms in total. The normalized spacial score (nSPS) is 10.4. The monoisotopic (exact) mass is 390 g/mol. The minimum absolute atomic E-state index is 0.112. The SMILES string of the molecule is CCN(C(=O)c1cnc(NCCc2ccccc2OC)nc1)c1cccc(C)c1. The number of methoxy groups -OCH3 is 1. The number of hydrogen-bond acceptors (Lipinski definition) is 5. The van der Waals surface area contributed by atoms with E-state index in [4.69, 9.17) is 4.74 Å². The Morgan fingerprint density at radius 2 is 1.86 bits per heavy atom. The van der Waals surface area contributed by atoms with E-state index < -0.39 is 0 Å². The van der Waals surface area contributed by atoms with Crippen LogP contribution in [0.15, 0.2) is 60.9 Å². The van der Waals surface area contributed by atoms with Crippen LogP contribution < -0.4 is 15.0 Å². The first-order valence-electron chi connectivity index (χ1n) is 9.68. The number of hydrogen-bond donors (Lipinski definition) is 1. The molecule has 0 unspecified atom stereocenters. The summed E-state index contributed by atoms with van der Waals surface area (Å²) < 4.78 is 5.37. The molecule has 1 heterocycles. The van der Waals surface area contributed by atoms with Crippen molar-refractivity contribution in [1.29, 1.82) is 0 Å². The molecule has 0 aliphatic carbocycles. The average molecular weight is 390 g/mol. The maximum Gasteiger partial charge on any atom is 0.261 e. The molecule has 1 amide bonds. The van der Waals surface area contributed by atoms with Gasteiger partial charge in [-0.3, -0.25) is 4.79 Å². The quantitative estimate of drug-likeness (QED) is 0.627. The Labute approximate surface area is 171 Å². The fraction of sp³-hybridized carbons (Fsp3) is 0.261. The first kappa shape index (κ1) is 20.3. The Hall–Kier alpha value is -3.41. The number of carbonyl (C=O) groups is 1. The molecule has 0 bridgehead atoms. The molecule has 0 aliphatic heterocycles. The van der Waals surface area contributed by atoms with Gasteiger partial charge in [-0.05, 0) is 49.6 Å². The highest BCUT2D eigenvalue weighted by Gasteiger charge is 2.17. The number of nitrogens with zero attached hydrogens (tertiary/aromatic N) is 3. The number of amides is 1. The van der Waals surface area contributed by atoms with E-state index in [2.05, 4.69) is 15.3 Å². The molecular formula is C23H26N4O2. The number of aryl methyl sites for hydroxylation is 1. The lowest BCUT2D eigenvalue weighted by Crippen LogP contribution is -2.30. The van der Waals surface area contributed by atoms with Gasteiger partial charge < -0.3 is 15.0 Å². The van der Waals surface area contributed by atoms with Crippen LogP contribution in [-0.4, -0.2) is 36.1 Å². The van der Waals surface area contributed by atoms with Gasteiger partial charge in [-0.1, -0.05) is 30.3 Å². The lowest BCUT2D eigenvalue weighted by atomic mass is 10.1.